The third kappa shape index (κ3) is 2.61. The van der Waals surface area contributed by atoms with Gasteiger partial charge < -0.3 is 15.7 Å². The molecule has 0 bridgehead atoms. The zero-order valence-corrected chi connectivity index (χ0v) is 11.6. The summed E-state index contributed by atoms with van der Waals surface area (Å²) in [6, 6.07) is -0.643. The van der Waals surface area contributed by atoms with Crippen LogP contribution in [-0.4, -0.2) is 41.0 Å². The lowest BCUT2D eigenvalue weighted by molar-refractivity contribution is -0.154. The Kier molecular flexibility index (Phi) is 4.13. The number of carboxylic acid groups (broad SMARTS) is 1. The molecule has 1 aliphatic heterocycles. The van der Waals surface area contributed by atoms with Gasteiger partial charge >= 0.3 is 5.97 Å². The highest BCUT2D eigenvalue weighted by atomic mass is 16.4. The van der Waals surface area contributed by atoms with Crippen LogP contribution >= 0.6 is 0 Å². The van der Waals surface area contributed by atoms with Gasteiger partial charge in [0.05, 0.1) is 5.41 Å². The van der Waals surface area contributed by atoms with Crippen LogP contribution in [-0.2, 0) is 9.59 Å². The first-order valence-corrected chi connectivity index (χ1v) is 7.24. The maximum atomic E-state index is 12.8. The van der Waals surface area contributed by atoms with Crippen molar-refractivity contribution in [2.24, 2.45) is 17.1 Å². The van der Waals surface area contributed by atoms with E-state index in [9.17, 15) is 14.7 Å². The smallest absolute Gasteiger partial charge is 0.326 e. The van der Waals surface area contributed by atoms with Gasteiger partial charge in [-0.2, -0.15) is 0 Å². The van der Waals surface area contributed by atoms with Crippen LogP contribution in [0.3, 0.4) is 0 Å². The Bertz CT molecular complexity index is 362. The number of amides is 1. The summed E-state index contributed by atoms with van der Waals surface area (Å²) in [7, 11) is 0. The quantitative estimate of drug-likeness (QED) is 0.806. The second kappa shape index (κ2) is 5.49. The van der Waals surface area contributed by atoms with Crippen LogP contribution in [0.4, 0.5) is 0 Å². The average Bonchev–Trinajstić information content (AvgIpc) is 2.88. The summed E-state index contributed by atoms with van der Waals surface area (Å²) in [5.74, 6) is -0.268. The Balaban J connectivity index is 2.14. The Morgan fingerprint density at radius 2 is 1.95 bits per heavy atom. The third-order valence-corrected chi connectivity index (χ3v) is 4.87. The molecule has 1 atom stereocenters. The Hall–Kier alpha value is -1.10. The van der Waals surface area contributed by atoms with E-state index in [0.29, 0.717) is 25.4 Å². The number of hydrogen-bond donors (Lipinski definition) is 2. The van der Waals surface area contributed by atoms with Crippen molar-refractivity contribution >= 4 is 11.9 Å². The maximum Gasteiger partial charge on any atom is 0.326 e. The topological polar surface area (TPSA) is 83.6 Å². The minimum Gasteiger partial charge on any atom is -0.480 e. The van der Waals surface area contributed by atoms with Crippen molar-refractivity contribution in [1.29, 1.82) is 0 Å². The van der Waals surface area contributed by atoms with E-state index in [-0.39, 0.29) is 5.91 Å². The molecule has 1 amide bonds. The molecule has 19 heavy (non-hydrogen) atoms. The molecular formula is C14H24N2O3. The van der Waals surface area contributed by atoms with Crippen LogP contribution in [0.5, 0.6) is 0 Å². The molecule has 2 rings (SSSR count). The van der Waals surface area contributed by atoms with Crippen molar-refractivity contribution in [3.05, 3.63) is 0 Å². The number of carbonyl (C=O) groups is 2. The van der Waals surface area contributed by atoms with Crippen molar-refractivity contribution in [2.75, 3.05) is 13.1 Å². The van der Waals surface area contributed by atoms with Crippen LogP contribution in [0.2, 0.25) is 0 Å². The van der Waals surface area contributed by atoms with E-state index < -0.39 is 17.4 Å². The third-order valence-electron chi connectivity index (χ3n) is 4.87. The van der Waals surface area contributed by atoms with Crippen molar-refractivity contribution in [2.45, 2.75) is 51.5 Å². The van der Waals surface area contributed by atoms with E-state index in [1.54, 1.807) is 4.90 Å². The zero-order chi connectivity index (χ0) is 14.0. The summed E-state index contributed by atoms with van der Waals surface area (Å²) in [5, 5.41) is 9.20. The van der Waals surface area contributed by atoms with Crippen LogP contribution in [0.15, 0.2) is 0 Å². The lowest BCUT2D eigenvalue weighted by Gasteiger charge is -2.40. The SMILES string of the molecule is CC1CCC(CN)(C(=O)N2CCC[C@@H]2C(=O)O)CC1. The number of carbonyl (C=O) groups excluding carboxylic acids is 1. The molecule has 108 valence electrons. The summed E-state index contributed by atoms with van der Waals surface area (Å²) >= 11 is 0. The fourth-order valence-corrected chi connectivity index (χ4v) is 3.39. The number of carboxylic acids is 1. The molecule has 0 aromatic heterocycles. The van der Waals surface area contributed by atoms with Gasteiger partial charge in [-0.05, 0) is 44.4 Å². The predicted octanol–water partition coefficient (Wildman–Crippen LogP) is 1.22. The van der Waals surface area contributed by atoms with E-state index in [1.807, 2.05) is 0 Å². The Morgan fingerprint density at radius 3 is 2.47 bits per heavy atom. The standard InChI is InChI=1S/C14H24N2O3/c1-10-4-6-14(9-15,7-5-10)13(19)16-8-2-3-11(16)12(17)18/h10-11H,2-9,15H2,1H3,(H,17,18)/t10?,11-,14?/m1/s1. The lowest BCUT2D eigenvalue weighted by atomic mass is 9.70. The molecule has 5 nitrogen and oxygen atoms in total. The monoisotopic (exact) mass is 268 g/mol. The fraction of sp³-hybridized carbons (Fsp3) is 0.857. The normalized spacial score (nSPS) is 35.4. The lowest BCUT2D eigenvalue weighted by Crippen LogP contribution is -2.52. The second-order valence-corrected chi connectivity index (χ2v) is 6.16. The zero-order valence-electron chi connectivity index (χ0n) is 11.6. The Labute approximate surface area is 114 Å². The minimum absolute atomic E-state index is 0.0215. The number of aliphatic carboxylic acids is 1. The summed E-state index contributed by atoms with van der Waals surface area (Å²) in [5.41, 5.74) is 5.37. The fourth-order valence-electron chi connectivity index (χ4n) is 3.39. The highest BCUT2D eigenvalue weighted by Crippen LogP contribution is 2.40. The first-order valence-electron chi connectivity index (χ1n) is 7.24. The van der Waals surface area contributed by atoms with E-state index >= 15 is 0 Å². The number of likely N-dealkylation sites (tertiary alicyclic amines) is 1. The van der Waals surface area contributed by atoms with E-state index in [1.165, 1.54) is 0 Å². The molecule has 1 heterocycles. The van der Waals surface area contributed by atoms with Crippen LogP contribution in [0, 0.1) is 11.3 Å². The molecule has 1 saturated carbocycles. The molecular weight excluding hydrogens is 244 g/mol. The van der Waals surface area contributed by atoms with Gasteiger partial charge in [-0.15, -0.1) is 0 Å². The summed E-state index contributed by atoms with van der Waals surface area (Å²) in [6.45, 7) is 3.09. The first-order chi connectivity index (χ1) is 9.00. The van der Waals surface area contributed by atoms with Gasteiger partial charge in [-0.1, -0.05) is 6.92 Å². The number of hydrogen-bond acceptors (Lipinski definition) is 3. The molecule has 1 aliphatic carbocycles. The highest BCUT2D eigenvalue weighted by molar-refractivity contribution is 5.88. The molecule has 5 heteroatoms. The number of rotatable bonds is 3. The second-order valence-electron chi connectivity index (χ2n) is 6.16. The van der Waals surface area contributed by atoms with E-state index in [4.69, 9.17) is 5.73 Å². The van der Waals surface area contributed by atoms with Crippen LogP contribution in [0.25, 0.3) is 0 Å². The van der Waals surface area contributed by atoms with Gasteiger partial charge in [0.1, 0.15) is 6.04 Å². The maximum absolute atomic E-state index is 12.8. The van der Waals surface area contributed by atoms with Crippen LogP contribution in [0.1, 0.15) is 45.4 Å². The molecule has 2 fully saturated rings. The molecule has 2 aliphatic rings. The average molecular weight is 268 g/mol. The predicted molar refractivity (Wildman–Crippen MR) is 71.5 cm³/mol. The van der Waals surface area contributed by atoms with Crippen molar-refractivity contribution in [3.63, 3.8) is 0 Å². The van der Waals surface area contributed by atoms with Gasteiger partial charge in [0.25, 0.3) is 0 Å². The number of nitrogens with zero attached hydrogens (tertiary/aromatic N) is 1. The molecule has 1 saturated heterocycles. The van der Waals surface area contributed by atoms with Crippen molar-refractivity contribution in [3.8, 4) is 0 Å². The molecule has 0 spiro atoms. The van der Waals surface area contributed by atoms with Gasteiger partial charge in [-0.25, -0.2) is 4.79 Å². The summed E-state index contributed by atoms with van der Waals surface area (Å²) in [4.78, 5) is 25.5. The largest absolute Gasteiger partial charge is 0.480 e. The molecule has 3 N–H and O–H groups in total. The first kappa shape index (κ1) is 14.3. The van der Waals surface area contributed by atoms with Crippen LogP contribution < -0.4 is 5.73 Å². The molecule has 0 aromatic rings. The van der Waals surface area contributed by atoms with Gasteiger partial charge in [0.15, 0.2) is 0 Å². The summed E-state index contributed by atoms with van der Waals surface area (Å²) in [6.07, 6.45) is 4.96. The van der Waals surface area contributed by atoms with Gasteiger partial charge in [0.2, 0.25) is 5.91 Å². The molecule has 0 radical (unpaired) electrons. The molecule has 0 aromatic carbocycles. The van der Waals surface area contributed by atoms with Crippen molar-refractivity contribution in [1.82, 2.24) is 4.90 Å². The van der Waals surface area contributed by atoms with Gasteiger partial charge in [0, 0.05) is 13.1 Å². The summed E-state index contributed by atoms with van der Waals surface area (Å²) < 4.78 is 0. The van der Waals surface area contributed by atoms with Gasteiger partial charge in [-0.3, -0.25) is 4.79 Å². The van der Waals surface area contributed by atoms with Crippen molar-refractivity contribution < 1.29 is 14.7 Å². The molecule has 0 unspecified atom stereocenters. The number of nitrogens with two attached hydrogens (primary N) is 1. The van der Waals surface area contributed by atoms with E-state index in [0.717, 1.165) is 32.1 Å². The highest BCUT2D eigenvalue weighted by Gasteiger charge is 2.46. The Morgan fingerprint density at radius 1 is 1.32 bits per heavy atom. The minimum atomic E-state index is -0.887. The van der Waals surface area contributed by atoms with E-state index in [2.05, 4.69) is 6.92 Å².